The number of amides is 2. The lowest BCUT2D eigenvalue weighted by Gasteiger charge is -2.22. The summed E-state index contributed by atoms with van der Waals surface area (Å²) in [6.45, 7) is 4.46. The van der Waals surface area contributed by atoms with Gasteiger partial charge in [-0.2, -0.15) is 0 Å². The predicted octanol–water partition coefficient (Wildman–Crippen LogP) is 0.182. The van der Waals surface area contributed by atoms with Gasteiger partial charge in [0.05, 0.1) is 0 Å². The molecule has 0 spiro atoms. The molecular weight excluding hydrogens is 208 g/mol. The van der Waals surface area contributed by atoms with E-state index < -0.39 is 18.1 Å². The van der Waals surface area contributed by atoms with Gasteiger partial charge >= 0.3 is 0 Å². The number of hydrogen-bond donors (Lipinski definition) is 2. The molecule has 0 unspecified atom stereocenters. The van der Waals surface area contributed by atoms with E-state index in [4.69, 9.17) is 10.5 Å². The smallest absolute Gasteiger partial charge is 0.249 e. The molecule has 3 N–H and O–H groups in total. The number of rotatable bonds is 5. The molecule has 0 aliphatic carbocycles. The van der Waals surface area contributed by atoms with E-state index in [9.17, 15) is 9.59 Å². The van der Waals surface area contributed by atoms with E-state index in [1.807, 2.05) is 13.8 Å². The second-order valence-electron chi connectivity index (χ2n) is 4.28. The molecule has 1 fully saturated rings. The fourth-order valence-electron chi connectivity index (χ4n) is 1.76. The predicted molar refractivity (Wildman–Crippen MR) is 59.6 cm³/mol. The molecule has 0 saturated carbocycles. The molecule has 1 aliphatic heterocycles. The molecule has 16 heavy (non-hydrogen) atoms. The Kier molecular flexibility index (Phi) is 4.73. The van der Waals surface area contributed by atoms with Crippen molar-refractivity contribution < 1.29 is 14.3 Å². The van der Waals surface area contributed by atoms with Crippen molar-refractivity contribution in [3.8, 4) is 0 Å². The van der Waals surface area contributed by atoms with Crippen LogP contribution in [0.3, 0.4) is 0 Å². The number of hydrogen-bond acceptors (Lipinski definition) is 3. The maximum Gasteiger partial charge on any atom is 0.249 e. The van der Waals surface area contributed by atoms with E-state index in [1.54, 1.807) is 0 Å². The Morgan fingerprint density at radius 2 is 2.25 bits per heavy atom. The number of carbonyl (C=O) groups is 2. The molecule has 0 radical (unpaired) electrons. The second-order valence-corrected chi connectivity index (χ2v) is 4.28. The standard InChI is InChI=1S/C11H20N2O3/c1-3-7(2)9(10(12)14)13-11(15)8-5-4-6-16-8/h7-9H,3-6H2,1-2H3,(H2,12,14)(H,13,15)/t7-,8-,9+/m0/s1. The Bertz CT molecular complexity index is 262. The van der Waals surface area contributed by atoms with Crippen LogP contribution in [0.1, 0.15) is 33.1 Å². The summed E-state index contributed by atoms with van der Waals surface area (Å²) in [6.07, 6.45) is 1.99. The van der Waals surface area contributed by atoms with Gasteiger partial charge in [-0.1, -0.05) is 20.3 Å². The molecule has 1 saturated heterocycles. The highest BCUT2D eigenvalue weighted by Gasteiger charge is 2.29. The van der Waals surface area contributed by atoms with Crippen LogP contribution in [0.15, 0.2) is 0 Å². The number of carbonyl (C=O) groups excluding carboxylic acids is 2. The lowest BCUT2D eigenvalue weighted by atomic mass is 9.98. The summed E-state index contributed by atoms with van der Waals surface area (Å²) in [4.78, 5) is 23.0. The molecule has 92 valence electrons. The minimum Gasteiger partial charge on any atom is -0.368 e. The lowest BCUT2D eigenvalue weighted by Crippen LogP contribution is -2.51. The topological polar surface area (TPSA) is 81.4 Å². The number of ether oxygens (including phenoxy) is 1. The Hall–Kier alpha value is -1.10. The van der Waals surface area contributed by atoms with Gasteiger partial charge in [-0.05, 0) is 18.8 Å². The van der Waals surface area contributed by atoms with Gasteiger partial charge < -0.3 is 15.8 Å². The Morgan fingerprint density at radius 1 is 1.56 bits per heavy atom. The maximum absolute atomic E-state index is 11.7. The first-order valence-corrected chi connectivity index (χ1v) is 5.77. The van der Waals surface area contributed by atoms with Crippen LogP contribution in [-0.4, -0.2) is 30.6 Å². The van der Waals surface area contributed by atoms with Crippen LogP contribution in [0.2, 0.25) is 0 Å². The van der Waals surface area contributed by atoms with E-state index in [0.717, 1.165) is 19.3 Å². The van der Waals surface area contributed by atoms with Crippen molar-refractivity contribution in [2.45, 2.75) is 45.3 Å². The van der Waals surface area contributed by atoms with Crippen LogP contribution in [0.25, 0.3) is 0 Å². The van der Waals surface area contributed by atoms with Gasteiger partial charge in [-0.25, -0.2) is 0 Å². The molecule has 1 aliphatic rings. The van der Waals surface area contributed by atoms with Gasteiger partial charge in [0.1, 0.15) is 12.1 Å². The Balaban J connectivity index is 2.53. The second kappa shape index (κ2) is 5.84. The number of nitrogens with one attached hydrogen (secondary N) is 1. The first-order valence-electron chi connectivity index (χ1n) is 5.77. The Labute approximate surface area is 95.7 Å². The summed E-state index contributed by atoms with van der Waals surface area (Å²) in [5, 5.41) is 2.67. The molecule has 0 aromatic carbocycles. The molecule has 0 bridgehead atoms. The van der Waals surface area contributed by atoms with Gasteiger partial charge in [0.2, 0.25) is 11.8 Å². The van der Waals surface area contributed by atoms with Crippen molar-refractivity contribution in [1.82, 2.24) is 5.32 Å². The normalized spacial score (nSPS) is 23.8. The fourth-order valence-corrected chi connectivity index (χ4v) is 1.76. The molecule has 3 atom stereocenters. The average molecular weight is 228 g/mol. The summed E-state index contributed by atoms with van der Waals surface area (Å²) in [7, 11) is 0. The zero-order valence-corrected chi connectivity index (χ0v) is 9.86. The third-order valence-electron chi connectivity index (χ3n) is 3.04. The maximum atomic E-state index is 11.7. The first-order chi connectivity index (χ1) is 7.56. The third kappa shape index (κ3) is 3.20. The van der Waals surface area contributed by atoms with Gasteiger partial charge in [0.25, 0.3) is 0 Å². The highest BCUT2D eigenvalue weighted by molar-refractivity contribution is 5.88. The van der Waals surface area contributed by atoms with Crippen LogP contribution in [0.5, 0.6) is 0 Å². The van der Waals surface area contributed by atoms with Crippen molar-refractivity contribution in [3.63, 3.8) is 0 Å². The third-order valence-corrected chi connectivity index (χ3v) is 3.04. The van der Waals surface area contributed by atoms with Crippen LogP contribution in [0.4, 0.5) is 0 Å². The summed E-state index contributed by atoms with van der Waals surface area (Å²) < 4.78 is 5.24. The summed E-state index contributed by atoms with van der Waals surface area (Å²) >= 11 is 0. The van der Waals surface area contributed by atoms with E-state index in [2.05, 4.69) is 5.32 Å². The largest absolute Gasteiger partial charge is 0.368 e. The SMILES string of the molecule is CC[C@H](C)[C@@H](NC(=O)[C@@H]1CCCO1)C(N)=O. The zero-order valence-electron chi connectivity index (χ0n) is 9.86. The highest BCUT2D eigenvalue weighted by atomic mass is 16.5. The minimum absolute atomic E-state index is 0.0443. The highest BCUT2D eigenvalue weighted by Crippen LogP contribution is 2.13. The van der Waals surface area contributed by atoms with Crippen molar-refractivity contribution in [1.29, 1.82) is 0 Å². The molecule has 0 aromatic rings. The fraction of sp³-hybridized carbons (Fsp3) is 0.818. The van der Waals surface area contributed by atoms with Crippen molar-refractivity contribution in [2.75, 3.05) is 6.61 Å². The molecule has 5 heteroatoms. The zero-order chi connectivity index (χ0) is 12.1. The van der Waals surface area contributed by atoms with E-state index >= 15 is 0 Å². The van der Waals surface area contributed by atoms with Crippen molar-refractivity contribution in [3.05, 3.63) is 0 Å². The van der Waals surface area contributed by atoms with Crippen LogP contribution >= 0.6 is 0 Å². The van der Waals surface area contributed by atoms with E-state index in [0.29, 0.717) is 6.61 Å². The minimum atomic E-state index is -0.596. The molecule has 1 rings (SSSR count). The molecule has 2 amide bonds. The summed E-state index contributed by atoms with van der Waals surface area (Å²) in [5.74, 6) is -0.662. The lowest BCUT2D eigenvalue weighted by molar-refractivity contribution is -0.134. The molecule has 0 aromatic heterocycles. The summed E-state index contributed by atoms with van der Waals surface area (Å²) in [6, 6.07) is -0.596. The van der Waals surface area contributed by atoms with E-state index in [-0.39, 0.29) is 11.8 Å². The summed E-state index contributed by atoms with van der Waals surface area (Å²) in [5.41, 5.74) is 5.27. The van der Waals surface area contributed by atoms with Gasteiger partial charge in [0.15, 0.2) is 0 Å². The monoisotopic (exact) mass is 228 g/mol. The van der Waals surface area contributed by atoms with Gasteiger partial charge in [-0.15, -0.1) is 0 Å². The molecule has 5 nitrogen and oxygen atoms in total. The average Bonchev–Trinajstić information content (AvgIpc) is 2.77. The van der Waals surface area contributed by atoms with Crippen molar-refractivity contribution in [2.24, 2.45) is 11.7 Å². The number of primary amides is 1. The molecular formula is C11H20N2O3. The first kappa shape index (κ1) is 13.0. The van der Waals surface area contributed by atoms with Gasteiger partial charge in [-0.3, -0.25) is 9.59 Å². The van der Waals surface area contributed by atoms with Crippen LogP contribution in [0, 0.1) is 5.92 Å². The quantitative estimate of drug-likeness (QED) is 0.704. The van der Waals surface area contributed by atoms with Crippen LogP contribution < -0.4 is 11.1 Å². The number of nitrogens with two attached hydrogens (primary N) is 1. The van der Waals surface area contributed by atoms with Crippen molar-refractivity contribution >= 4 is 11.8 Å². The van der Waals surface area contributed by atoms with Crippen LogP contribution in [-0.2, 0) is 14.3 Å². The Morgan fingerprint density at radius 3 is 2.69 bits per heavy atom. The van der Waals surface area contributed by atoms with E-state index in [1.165, 1.54) is 0 Å². The molecule has 1 heterocycles. The van der Waals surface area contributed by atoms with Gasteiger partial charge in [0, 0.05) is 6.61 Å².